The van der Waals surface area contributed by atoms with Crippen LogP contribution in [0, 0.1) is 5.92 Å². The van der Waals surface area contributed by atoms with Crippen molar-refractivity contribution in [2.45, 2.75) is 31.4 Å². The molecule has 0 aromatic rings. The molecule has 1 heterocycles. The van der Waals surface area contributed by atoms with Crippen LogP contribution in [-0.2, 0) is 4.74 Å². The second kappa shape index (κ2) is 3.18. The van der Waals surface area contributed by atoms with Crippen molar-refractivity contribution in [3.8, 4) is 0 Å². The van der Waals surface area contributed by atoms with E-state index in [1.165, 1.54) is 19.3 Å². The minimum Gasteiger partial charge on any atom is -0.444 e. The van der Waals surface area contributed by atoms with E-state index >= 15 is 0 Å². The zero-order chi connectivity index (χ0) is 9.42. The van der Waals surface area contributed by atoms with Gasteiger partial charge in [-0.25, -0.2) is 4.79 Å². The zero-order valence-corrected chi connectivity index (χ0v) is 7.90. The lowest BCUT2D eigenvalue weighted by Crippen LogP contribution is -2.44. The Kier molecular flexibility index (Phi) is 2.15. The monoisotopic (exact) mass is 184 g/mol. The van der Waals surface area contributed by atoms with Gasteiger partial charge in [0.05, 0.1) is 6.04 Å². The highest BCUT2D eigenvalue weighted by Gasteiger charge is 2.44. The van der Waals surface area contributed by atoms with Gasteiger partial charge in [0.1, 0.15) is 6.10 Å². The summed E-state index contributed by atoms with van der Waals surface area (Å²) in [7, 11) is 1.76. The van der Waals surface area contributed by atoms with Gasteiger partial charge in [0.25, 0.3) is 0 Å². The Balaban J connectivity index is 2.05. The summed E-state index contributed by atoms with van der Waals surface area (Å²) in [6.07, 6.45) is 3.47. The number of rotatable bonds is 2. The maximum Gasteiger partial charge on any atom is 0.410 e. The fourth-order valence-electron chi connectivity index (χ4n) is 2.10. The van der Waals surface area contributed by atoms with Crippen LogP contribution in [0.2, 0.25) is 0 Å². The molecule has 13 heavy (non-hydrogen) atoms. The largest absolute Gasteiger partial charge is 0.444 e. The number of likely N-dealkylation sites (N-methyl/N-ethyl adjacent to an activating group) is 1. The maximum absolute atomic E-state index is 11.2. The van der Waals surface area contributed by atoms with E-state index in [-0.39, 0.29) is 18.2 Å². The molecule has 1 amide bonds. The van der Waals surface area contributed by atoms with Gasteiger partial charge in [0.2, 0.25) is 0 Å². The highest BCUT2D eigenvalue weighted by atomic mass is 16.6. The first-order valence-electron chi connectivity index (χ1n) is 4.87. The van der Waals surface area contributed by atoms with Gasteiger partial charge < -0.3 is 15.4 Å². The highest BCUT2D eigenvalue weighted by Crippen LogP contribution is 2.36. The van der Waals surface area contributed by atoms with Crippen LogP contribution in [0.4, 0.5) is 4.79 Å². The molecule has 0 aromatic carbocycles. The Labute approximate surface area is 78.0 Å². The number of ether oxygens (including phenoxy) is 1. The first-order chi connectivity index (χ1) is 6.24. The molecule has 0 radical (unpaired) electrons. The molecule has 0 bridgehead atoms. The molecule has 1 aliphatic heterocycles. The van der Waals surface area contributed by atoms with Gasteiger partial charge in [-0.1, -0.05) is 6.42 Å². The van der Waals surface area contributed by atoms with E-state index in [0.717, 1.165) is 0 Å². The number of cyclic esters (lactones) is 1. The number of hydrogen-bond donors (Lipinski definition) is 1. The summed E-state index contributed by atoms with van der Waals surface area (Å²) in [4.78, 5) is 12.9. The van der Waals surface area contributed by atoms with E-state index in [1.54, 1.807) is 11.9 Å². The molecular formula is C9H16N2O2. The normalized spacial score (nSPS) is 34.6. The number of hydrogen-bond acceptors (Lipinski definition) is 3. The van der Waals surface area contributed by atoms with Gasteiger partial charge in [-0.15, -0.1) is 0 Å². The van der Waals surface area contributed by atoms with Crippen LogP contribution in [0.15, 0.2) is 0 Å². The van der Waals surface area contributed by atoms with Crippen LogP contribution in [0.1, 0.15) is 19.3 Å². The Morgan fingerprint density at radius 3 is 2.77 bits per heavy atom. The lowest BCUT2D eigenvalue weighted by atomic mass is 9.78. The fraction of sp³-hybridized carbons (Fsp3) is 0.889. The summed E-state index contributed by atoms with van der Waals surface area (Å²) in [5, 5.41) is 0. The van der Waals surface area contributed by atoms with Crippen molar-refractivity contribution in [1.82, 2.24) is 4.90 Å². The molecule has 2 atom stereocenters. The first-order valence-corrected chi connectivity index (χ1v) is 4.87. The van der Waals surface area contributed by atoms with Crippen LogP contribution in [-0.4, -0.2) is 36.7 Å². The molecule has 1 saturated carbocycles. The number of carbonyl (C=O) groups is 1. The second-order valence-electron chi connectivity index (χ2n) is 3.95. The van der Waals surface area contributed by atoms with E-state index in [0.29, 0.717) is 12.5 Å². The van der Waals surface area contributed by atoms with Crippen LogP contribution >= 0.6 is 0 Å². The summed E-state index contributed by atoms with van der Waals surface area (Å²) < 4.78 is 5.29. The van der Waals surface area contributed by atoms with Gasteiger partial charge >= 0.3 is 6.09 Å². The molecular weight excluding hydrogens is 168 g/mol. The minimum absolute atomic E-state index is 0.0521. The quantitative estimate of drug-likeness (QED) is 0.682. The lowest BCUT2D eigenvalue weighted by Gasteiger charge is -2.32. The average Bonchev–Trinajstić information content (AvgIpc) is 2.25. The SMILES string of the molecule is CN1C(=O)OC(C2CCC2)C1CN. The lowest BCUT2D eigenvalue weighted by molar-refractivity contribution is 0.0568. The van der Waals surface area contributed by atoms with Gasteiger partial charge in [0.15, 0.2) is 0 Å². The number of carbonyl (C=O) groups excluding carboxylic acids is 1. The predicted molar refractivity (Wildman–Crippen MR) is 48.2 cm³/mol. The molecule has 2 N–H and O–H groups in total. The van der Waals surface area contributed by atoms with Crippen molar-refractivity contribution in [2.24, 2.45) is 11.7 Å². The molecule has 74 valence electrons. The van der Waals surface area contributed by atoms with Gasteiger partial charge in [0, 0.05) is 13.6 Å². The molecule has 2 fully saturated rings. The molecule has 1 saturated heterocycles. The fourth-order valence-corrected chi connectivity index (χ4v) is 2.10. The van der Waals surface area contributed by atoms with Crippen molar-refractivity contribution in [1.29, 1.82) is 0 Å². The number of amides is 1. The van der Waals surface area contributed by atoms with Crippen LogP contribution in [0.3, 0.4) is 0 Å². The summed E-state index contributed by atoms with van der Waals surface area (Å²) >= 11 is 0. The van der Waals surface area contributed by atoms with Crippen LogP contribution in [0.25, 0.3) is 0 Å². The van der Waals surface area contributed by atoms with E-state index in [9.17, 15) is 4.79 Å². The third-order valence-corrected chi connectivity index (χ3v) is 3.26. The minimum atomic E-state index is -0.215. The standard InChI is InChI=1S/C9H16N2O2/c1-11-7(5-10)8(13-9(11)12)6-3-2-4-6/h6-8H,2-5,10H2,1H3. The van der Waals surface area contributed by atoms with Crippen LogP contribution in [0.5, 0.6) is 0 Å². The summed E-state index contributed by atoms with van der Waals surface area (Å²) in [6, 6.07) is 0.0952. The predicted octanol–water partition coefficient (Wildman–Crippen LogP) is 0.564. The molecule has 2 unspecified atom stereocenters. The zero-order valence-electron chi connectivity index (χ0n) is 7.90. The first kappa shape index (κ1) is 8.81. The molecule has 2 rings (SSSR count). The number of nitrogens with zero attached hydrogens (tertiary/aromatic N) is 1. The summed E-state index contributed by atoms with van der Waals surface area (Å²) in [5.74, 6) is 0.558. The Morgan fingerprint density at radius 1 is 1.62 bits per heavy atom. The van der Waals surface area contributed by atoms with Crippen molar-refractivity contribution < 1.29 is 9.53 Å². The van der Waals surface area contributed by atoms with Crippen LogP contribution < -0.4 is 5.73 Å². The van der Waals surface area contributed by atoms with Crippen molar-refractivity contribution >= 4 is 6.09 Å². The molecule has 0 aromatic heterocycles. The van der Waals surface area contributed by atoms with E-state index in [4.69, 9.17) is 10.5 Å². The smallest absolute Gasteiger partial charge is 0.410 e. The van der Waals surface area contributed by atoms with Gasteiger partial charge in [-0.3, -0.25) is 0 Å². The second-order valence-corrected chi connectivity index (χ2v) is 3.95. The third kappa shape index (κ3) is 1.29. The van der Waals surface area contributed by atoms with E-state index < -0.39 is 0 Å². The topological polar surface area (TPSA) is 55.6 Å². The number of nitrogens with two attached hydrogens (primary N) is 1. The Morgan fingerprint density at radius 2 is 2.31 bits per heavy atom. The van der Waals surface area contributed by atoms with Crippen molar-refractivity contribution in [3.63, 3.8) is 0 Å². The summed E-state index contributed by atoms with van der Waals surface area (Å²) in [6.45, 7) is 0.503. The molecule has 1 aliphatic carbocycles. The molecule has 0 spiro atoms. The van der Waals surface area contributed by atoms with E-state index in [2.05, 4.69) is 0 Å². The Hall–Kier alpha value is -0.770. The van der Waals surface area contributed by atoms with Gasteiger partial charge in [-0.05, 0) is 18.8 Å². The van der Waals surface area contributed by atoms with Crippen molar-refractivity contribution in [3.05, 3.63) is 0 Å². The maximum atomic E-state index is 11.2. The van der Waals surface area contributed by atoms with E-state index in [1.807, 2.05) is 0 Å². The summed E-state index contributed by atoms with van der Waals surface area (Å²) in [5.41, 5.74) is 5.62. The average molecular weight is 184 g/mol. The Bertz CT molecular complexity index is 216. The third-order valence-electron chi connectivity index (χ3n) is 3.26. The van der Waals surface area contributed by atoms with Crippen molar-refractivity contribution in [2.75, 3.05) is 13.6 Å². The highest BCUT2D eigenvalue weighted by molar-refractivity contribution is 5.70. The van der Waals surface area contributed by atoms with Gasteiger partial charge in [-0.2, -0.15) is 0 Å². The molecule has 4 nitrogen and oxygen atoms in total. The molecule has 4 heteroatoms. The molecule has 2 aliphatic rings.